The van der Waals surface area contributed by atoms with Crippen molar-refractivity contribution in [3.63, 3.8) is 0 Å². The molecule has 0 spiro atoms. The van der Waals surface area contributed by atoms with Crippen molar-refractivity contribution in [2.24, 2.45) is 0 Å². The molecule has 9 heteroatoms. The molecule has 102 valence electrons. The number of hydrogen-bond donors (Lipinski definition) is 2. The van der Waals surface area contributed by atoms with Gasteiger partial charge in [-0.25, -0.2) is 0 Å². The van der Waals surface area contributed by atoms with E-state index in [0.29, 0.717) is 4.68 Å². The van der Waals surface area contributed by atoms with Crippen LogP contribution in [0.2, 0.25) is 5.02 Å². The van der Waals surface area contributed by atoms with Crippen LogP contribution in [0, 0.1) is 0 Å². The first-order chi connectivity index (χ1) is 8.12. The second kappa shape index (κ2) is 5.15. The Balaban J connectivity index is 3.26. The Bertz CT molecular complexity index is 457. The number of nitrogens with zero attached hydrogens (tertiary/aromatic N) is 2. The van der Waals surface area contributed by atoms with Gasteiger partial charge in [0.05, 0.1) is 16.8 Å². The summed E-state index contributed by atoms with van der Waals surface area (Å²) < 4.78 is 38.3. The fraction of sp³-hybridized carbons (Fsp3) is 0.556. The average Bonchev–Trinajstić information content (AvgIpc) is 2.43. The normalized spacial score (nSPS) is 13.7. The van der Waals surface area contributed by atoms with Crippen LogP contribution < -0.4 is 0 Å². The largest absolute Gasteiger partial charge is 0.480 e. The first kappa shape index (κ1) is 14.8. The summed E-state index contributed by atoms with van der Waals surface area (Å²) in [5.74, 6) is -1.35. The van der Waals surface area contributed by atoms with Crippen LogP contribution in [0.1, 0.15) is 18.3 Å². The Morgan fingerprint density at radius 2 is 2.11 bits per heavy atom. The lowest BCUT2D eigenvalue weighted by atomic mass is 10.2. The lowest BCUT2D eigenvalue weighted by Crippen LogP contribution is -2.16. The van der Waals surface area contributed by atoms with Gasteiger partial charge in [0.1, 0.15) is 6.54 Å². The van der Waals surface area contributed by atoms with Gasteiger partial charge in [0.25, 0.3) is 0 Å². The molecular weight excluding hydrogens is 277 g/mol. The molecule has 0 aliphatic heterocycles. The fourth-order valence-electron chi connectivity index (χ4n) is 1.39. The summed E-state index contributed by atoms with van der Waals surface area (Å²) >= 11 is 5.53. The van der Waals surface area contributed by atoms with Gasteiger partial charge in [0, 0.05) is 6.42 Å². The van der Waals surface area contributed by atoms with Gasteiger partial charge in [-0.15, -0.1) is 0 Å². The molecule has 1 aromatic rings. The van der Waals surface area contributed by atoms with E-state index in [9.17, 15) is 23.1 Å². The van der Waals surface area contributed by atoms with E-state index < -0.39 is 35.5 Å². The summed E-state index contributed by atoms with van der Waals surface area (Å²) in [7, 11) is 0. The smallest absolute Gasteiger partial charge is 0.436 e. The van der Waals surface area contributed by atoms with Crippen LogP contribution in [0.15, 0.2) is 0 Å². The van der Waals surface area contributed by atoms with Gasteiger partial charge in [0.15, 0.2) is 5.69 Å². The summed E-state index contributed by atoms with van der Waals surface area (Å²) in [6.45, 7) is 0.597. The number of alkyl halides is 3. The lowest BCUT2D eigenvalue weighted by Gasteiger charge is -2.07. The third-order valence-corrected chi connectivity index (χ3v) is 2.43. The third-order valence-electron chi connectivity index (χ3n) is 2.04. The molecule has 5 nitrogen and oxygen atoms in total. The van der Waals surface area contributed by atoms with Crippen LogP contribution in [-0.4, -0.2) is 32.1 Å². The second-order valence-electron chi connectivity index (χ2n) is 3.71. The van der Waals surface area contributed by atoms with E-state index in [1.807, 2.05) is 0 Å². The molecule has 0 aliphatic rings. The van der Waals surface area contributed by atoms with Crippen LogP contribution in [-0.2, 0) is 23.9 Å². The van der Waals surface area contributed by atoms with Crippen LogP contribution in [0.25, 0.3) is 0 Å². The molecular formula is C9H10ClF3N2O3. The molecule has 0 amide bonds. The number of carboxylic acid groups (broad SMARTS) is 1. The predicted octanol–water partition coefficient (Wildman–Crippen LogP) is 1.56. The number of rotatable bonds is 4. The Hall–Kier alpha value is -1.28. The molecule has 0 bridgehead atoms. The molecule has 0 saturated heterocycles. The molecule has 0 saturated carbocycles. The van der Waals surface area contributed by atoms with Crippen molar-refractivity contribution >= 4 is 17.6 Å². The van der Waals surface area contributed by atoms with Gasteiger partial charge in [-0.1, -0.05) is 11.6 Å². The lowest BCUT2D eigenvalue weighted by molar-refractivity contribution is -0.143. The van der Waals surface area contributed by atoms with E-state index in [4.69, 9.17) is 16.7 Å². The van der Waals surface area contributed by atoms with Gasteiger partial charge in [-0.3, -0.25) is 9.48 Å². The molecule has 1 rings (SSSR count). The minimum Gasteiger partial charge on any atom is -0.480 e. The van der Waals surface area contributed by atoms with E-state index >= 15 is 0 Å². The highest BCUT2D eigenvalue weighted by Gasteiger charge is 2.39. The van der Waals surface area contributed by atoms with E-state index in [1.165, 1.54) is 6.92 Å². The van der Waals surface area contributed by atoms with Gasteiger partial charge in [0.2, 0.25) is 0 Å². The van der Waals surface area contributed by atoms with E-state index in [1.54, 1.807) is 0 Å². The van der Waals surface area contributed by atoms with Gasteiger partial charge >= 0.3 is 12.1 Å². The van der Waals surface area contributed by atoms with Crippen molar-refractivity contribution in [2.45, 2.75) is 32.2 Å². The Morgan fingerprint density at radius 1 is 1.56 bits per heavy atom. The third kappa shape index (κ3) is 3.36. The van der Waals surface area contributed by atoms with Crippen LogP contribution >= 0.6 is 11.6 Å². The van der Waals surface area contributed by atoms with Crippen LogP contribution in [0.4, 0.5) is 13.2 Å². The maximum Gasteiger partial charge on any atom is 0.436 e. The Labute approximate surface area is 105 Å². The van der Waals surface area contributed by atoms with Crippen molar-refractivity contribution in [1.29, 1.82) is 0 Å². The number of aromatic nitrogens is 2. The summed E-state index contributed by atoms with van der Waals surface area (Å²) in [6.07, 6.45) is -5.95. The first-order valence-corrected chi connectivity index (χ1v) is 5.23. The van der Waals surface area contributed by atoms with E-state index in [2.05, 4.69) is 5.10 Å². The summed E-state index contributed by atoms with van der Waals surface area (Å²) in [6, 6.07) is 0. The zero-order valence-corrected chi connectivity index (χ0v) is 9.96. The summed E-state index contributed by atoms with van der Waals surface area (Å²) in [4.78, 5) is 10.5. The maximum absolute atomic E-state index is 12.5. The molecule has 1 atom stereocenters. The predicted molar refractivity (Wildman–Crippen MR) is 55.3 cm³/mol. The fourth-order valence-corrected chi connectivity index (χ4v) is 1.71. The molecule has 0 radical (unpaired) electrons. The molecule has 0 fully saturated rings. The molecule has 0 aliphatic carbocycles. The van der Waals surface area contributed by atoms with Gasteiger partial charge in [-0.2, -0.15) is 18.3 Å². The highest BCUT2D eigenvalue weighted by molar-refractivity contribution is 6.32. The minimum atomic E-state index is -4.77. The van der Waals surface area contributed by atoms with Crippen molar-refractivity contribution < 1.29 is 28.2 Å². The summed E-state index contributed by atoms with van der Waals surface area (Å²) in [5, 5.41) is 20.2. The molecule has 2 N–H and O–H groups in total. The number of aliphatic hydroxyl groups is 1. The minimum absolute atomic E-state index is 0.151. The van der Waals surface area contributed by atoms with Crippen molar-refractivity contribution in [2.75, 3.05) is 0 Å². The number of carbonyl (C=O) groups is 1. The first-order valence-electron chi connectivity index (χ1n) is 4.85. The molecule has 1 heterocycles. The number of halogens is 4. The SMILES string of the molecule is CC(O)Cc1c(Cl)c(C(F)(F)F)nn1CC(=O)O. The number of aliphatic hydroxyl groups excluding tert-OH is 1. The van der Waals surface area contributed by atoms with Crippen LogP contribution in [0.3, 0.4) is 0 Å². The van der Waals surface area contributed by atoms with Crippen LogP contribution in [0.5, 0.6) is 0 Å². The maximum atomic E-state index is 12.5. The van der Waals surface area contributed by atoms with Crippen molar-refractivity contribution in [3.05, 3.63) is 16.4 Å². The zero-order valence-electron chi connectivity index (χ0n) is 9.20. The van der Waals surface area contributed by atoms with E-state index in [-0.39, 0.29) is 12.1 Å². The molecule has 18 heavy (non-hydrogen) atoms. The topological polar surface area (TPSA) is 75.4 Å². The van der Waals surface area contributed by atoms with Gasteiger partial charge < -0.3 is 10.2 Å². The number of aliphatic carboxylic acids is 1. The highest BCUT2D eigenvalue weighted by atomic mass is 35.5. The van der Waals surface area contributed by atoms with E-state index in [0.717, 1.165) is 0 Å². The molecule has 0 aromatic carbocycles. The standard InChI is InChI=1S/C9H10ClF3N2O3/c1-4(16)2-5-7(10)8(9(11,12)13)14-15(5)3-6(17)18/h4,16H,2-3H2,1H3,(H,17,18). The Morgan fingerprint density at radius 3 is 2.50 bits per heavy atom. The number of carboxylic acids is 1. The quantitative estimate of drug-likeness (QED) is 0.881. The second-order valence-corrected chi connectivity index (χ2v) is 4.09. The zero-order chi connectivity index (χ0) is 14.1. The van der Waals surface area contributed by atoms with Crippen molar-refractivity contribution in [1.82, 2.24) is 9.78 Å². The highest BCUT2D eigenvalue weighted by Crippen LogP contribution is 2.35. The average molecular weight is 287 g/mol. The molecule has 1 aromatic heterocycles. The molecule has 1 unspecified atom stereocenters. The van der Waals surface area contributed by atoms with Gasteiger partial charge in [-0.05, 0) is 6.92 Å². The number of hydrogen-bond acceptors (Lipinski definition) is 3. The monoisotopic (exact) mass is 286 g/mol. The summed E-state index contributed by atoms with van der Waals surface area (Å²) in [5.41, 5.74) is -1.50. The van der Waals surface area contributed by atoms with Crippen molar-refractivity contribution in [3.8, 4) is 0 Å². The Kier molecular flexibility index (Phi) is 4.23.